The van der Waals surface area contributed by atoms with Crippen LogP contribution in [0.3, 0.4) is 0 Å². The number of methoxy groups -OCH3 is 1. The van der Waals surface area contributed by atoms with Gasteiger partial charge < -0.3 is 14.2 Å². The van der Waals surface area contributed by atoms with Gasteiger partial charge in [0.2, 0.25) is 11.8 Å². The topological polar surface area (TPSA) is 56.7 Å². The first-order valence-corrected chi connectivity index (χ1v) is 8.61. The Bertz CT molecular complexity index is 712. The van der Waals surface area contributed by atoms with E-state index in [1.807, 2.05) is 24.3 Å². The van der Waals surface area contributed by atoms with Crippen molar-refractivity contribution in [2.45, 2.75) is 6.54 Å². The van der Waals surface area contributed by atoms with Gasteiger partial charge in [0.1, 0.15) is 0 Å². The molecule has 2 fully saturated rings. The predicted octanol–water partition coefficient (Wildman–Crippen LogP) is 2.01. The summed E-state index contributed by atoms with van der Waals surface area (Å²) < 4.78 is 17.2. The van der Waals surface area contributed by atoms with Crippen LogP contribution in [0, 0.1) is 11.3 Å². The van der Waals surface area contributed by atoms with E-state index in [0.717, 1.165) is 38.4 Å². The van der Waals surface area contributed by atoms with Crippen LogP contribution < -0.4 is 9.47 Å². The van der Waals surface area contributed by atoms with Crippen LogP contribution in [-0.2, 0) is 11.3 Å². The molecule has 0 bridgehead atoms. The number of pyridine rings is 2. The zero-order valence-corrected chi connectivity index (χ0v) is 14.4. The second-order valence-corrected chi connectivity index (χ2v) is 6.87. The van der Waals surface area contributed by atoms with Gasteiger partial charge in [0.15, 0.2) is 0 Å². The minimum absolute atomic E-state index is 0.0347. The molecule has 0 amide bonds. The van der Waals surface area contributed by atoms with Crippen LogP contribution >= 0.6 is 0 Å². The lowest BCUT2D eigenvalue weighted by Gasteiger charge is -2.27. The summed E-state index contributed by atoms with van der Waals surface area (Å²) in [6.07, 6.45) is 3.52. The summed E-state index contributed by atoms with van der Waals surface area (Å²) in [4.78, 5) is 11.0. The van der Waals surface area contributed by atoms with Gasteiger partial charge in [-0.05, 0) is 12.1 Å². The number of ether oxygens (including phenoxy) is 3. The van der Waals surface area contributed by atoms with Gasteiger partial charge in [-0.1, -0.05) is 12.1 Å². The third-order valence-electron chi connectivity index (χ3n) is 5.17. The summed E-state index contributed by atoms with van der Waals surface area (Å²) in [7, 11) is 1.67. The van der Waals surface area contributed by atoms with Crippen LogP contribution in [0.2, 0.25) is 0 Å². The molecular formula is C19H23N3O3. The monoisotopic (exact) mass is 341 g/mol. The zero-order chi connectivity index (χ0) is 17.1. The summed E-state index contributed by atoms with van der Waals surface area (Å²) in [6.45, 7) is 4.96. The van der Waals surface area contributed by atoms with Crippen molar-refractivity contribution in [2.24, 2.45) is 11.3 Å². The minimum atomic E-state index is 0.0347. The van der Waals surface area contributed by atoms with Gasteiger partial charge >= 0.3 is 0 Å². The molecule has 2 aromatic rings. The fraction of sp³-hybridized carbons (Fsp3) is 0.474. The van der Waals surface area contributed by atoms with Gasteiger partial charge in [-0.25, -0.2) is 9.97 Å². The van der Waals surface area contributed by atoms with E-state index >= 15 is 0 Å². The van der Waals surface area contributed by atoms with E-state index in [-0.39, 0.29) is 5.41 Å². The molecule has 2 aliphatic rings. The van der Waals surface area contributed by atoms with Crippen molar-refractivity contribution in [2.75, 3.05) is 40.0 Å². The van der Waals surface area contributed by atoms with Crippen LogP contribution in [0.5, 0.6) is 11.8 Å². The molecule has 2 aromatic heterocycles. The van der Waals surface area contributed by atoms with Crippen molar-refractivity contribution in [3.8, 4) is 11.8 Å². The third kappa shape index (κ3) is 3.32. The van der Waals surface area contributed by atoms with Gasteiger partial charge in [0.05, 0.1) is 26.9 Å². The minimum Gasteiger partial charge on any atom is -0.481 e. The van der Waals surface area contributed by atoms with Gasteiger partial charge in [-0.15, -0.1) is 0 Å². The summed E-state index contributed by atoms with van der Waals surface area (Å²) >= 11 is 0. The van der Waals surface area contributed by atoms with Gasteiger partial charge in [0.25, 0.3) is 0 Å². The Morgan fingerprint density at radius 3 is 3.00 bits per heavy atom. The Balaban J connectivity index is 1.44. The number of nitrogens with zero attached hydrogens (tertiary/aromatic N) is 3. The first-order chi connectivity index (χ1) is 12.3. The van der Waals surface area contributed by atoms with Crippen LogP contribution in [0.25, 0.3) is 0 Å². The molecule has 0 N–H and O–H groups in total. The molecule has 25 heavy (non-hydrogen) atoms. The molecule has 6 nitrogen and oxygen atoms in total. The SMILES string of the molecule is COc1ncccc1CN1C[C@@H]2COC[C@]2(COc2ccccn2)C1. The van der Waals surface area contributed by atoms with E-state index in [4.69, 9.17) is 14.2 Å². The molecule has 2 atom stereocenters. The first-order valence-electron chi connectivity index (χ1n) is 8.61. The van der Waals surface area contributed by atoms with E-state index in [1.54, 1.807) is 19.5 Å². The summed E-state index contributed by atoms with van der Waals surface area (Å²) in [6, 6.07) is 9.77. The predicted molar refractivity (Wildman–Crippen MR) is 92.5 cm³/mol. The van der Waals surface area contributed by atoms with Crippen LogP contribution in [-0.4, -0.2) is 54.9 Å². The Hall–Kier alpha value is -2.18. The standard InChI is InChI=1S/C19H23N3O3/c1-23-18-15(5-4-8-21-18)9-22-10-16-11-24-13-19(16,12-22)14-25-17-6-2-3-7-20-17/h2-8,16H,9-14H2,1H3/t16-,19+/m1/s1. The maximum absolute atomic E-state index is 5.98. The molecule has 0 aliphatic carbocycles. The van der Waals surface area contributed by atoms with Gasteiger partial charge in [-0.2, -0.15) is 0 Å². The second kappa shape index (κ2) is 6.98. The van der Waals surface area contributed by atoms with Crippen molar-refractivity contribution >= 4 is 0 Å². The molecule has 4 rings (SSSR count). The van der Waals surface area contributed by atoms with E-state index in [2.05, 4.69) is 20.9 Å². The first kappa shape index (κ1) is 16.3. The molecule has 0 aromatic carbocycles. The van der Waals surface area contributed by atoms with Crippen LogP contribution in [0.15, 0.2) is 42.7 Å². The van der Waals surface area contributed by atoms with Crippen molar-refractivity contribution < 1.29 is 14.2 Å². The zero-order valence-electron chi connectivity index (χ0n) is 14.4. The highest BCUT2D eigenvalue weighted by atomic mass is 16.5. The maximum Gasteiger partial charge on any atom is 0.217 e. The normalized spacial score (nSPS) is 25.7. The largest absolute Gasteiger partial charge is 0.481 e. The molecule has 2 saturated heterocycles. The van der Waals surface area contributed by atoms with E-state index in [1.165, 1.54) is 0 Å². The van der Waals surface area contributed by atoms with E-state index in [0.29, 0.717) is 24.3 Å². The van der Waals surface area contributed by atoms with E-state index in [9.17, 15) is 0 Å². The molecule has 4 heterocycles. The number of aromatic nitrogens is 2. The van der Waals surface area contributed by atoms with Crippen LogP contribution in [0.1, 0.15) is 5.56 Å². The Morgan fingerprint density at radius 1 is 1.24 bits per heavy atom. The summed E-state index contributed by atoms with van der Waals surface area (Å²) in [5.74, 6) is 1.86. The number of likely N-dealkylation sites (tertiary alicyclic amines) is 1. The molecule has 0 spiro atoms. The molecule has 6 heteroatoms. The summed E-state index contributed by atoms with van der Waals surface area (Å²) in [5.41, 5.74) is 1.15. The van der Waals surface area contributed by atoms with E-state index < -0.39 is 0 Å². The van der Waals surface area contributed by atoms with Crippen molar-refractivity contribution in [3.05, 3.63) is 48.3 Å². The fourth-order valence-electron chi connectivity index (χ4n) is 3.89. The van der Waals surface area contributed by atoms with Crippen molar-refractivity contribution in [1.82, 2.24) is 14.9 Å². The van der Waals surface area contributed by atoms with Crippen molar-refractivity contribution in [1.29, 1.82) is 0 Å². The molecule has 0 unspecified atom stereocenters. The molecule has 0 radical (unpaired) electrons. The van der Waals surface area contributed by atoms with Crippen LogP contribution in [0.4, 0.5) is 0 Å². The maximum atomic E-state index is 5.98. The molecule has 132 valence electrons. The number of hydrogen-bond acceptors (Lipinski definition) is 6. The average Bonchev–Trinajstić information content (AvgIpc) is 3.18. The number of rotatable bonds is 6. The highest BCUT2D eigenvalue weighted by Gasteiger charge is 2.51. The smallest absolute Gasteiger partial charge is 0.217 e. The quantitative estimate of drug-likeness (QED) is 0.801. The average molecular weight is 341 g/mol. The molecule has 0 saturated carbocycles. The molecular weight excluding hydrogens is 318 g/mol. The second-order valence-electron chi connectivity index (χ2n) is 6.87. The lowest BCUT2D eigenvalue weighted by atomic mass is 9.82. The van der Waals surface area contributed by atoms with Gasteiger partial charge in [-0.3, -0.25) is 4.90 Å². The Kier molecular flexibility index (Phi) is 4.55. The number of fused-ring (bicyclic) bond motifs is 1. The Labute approximate surface area is 147 Å². The lowest BCUT2D eigenvalue weighted by molar-refractivity contribution is 0.0880. The highest BCUT2D eigenvalue weighted by molar-refractivity contribution is 5.25. The summed E-state index contributed by atoms with van der Waals surface area (Å²) in [5, 5.41) is 0. The number of hydrogen-bond donors (Lipinski definition) is 0. The van der Waals surface area contributed by atoms with Crippen molar-refractivity contribution in [3.63, 3.8) is 0 Å². The highest BCUT2D eigenvalue weighted by Crippen LogP contribution is 2.42. The Morgan fingerprint density at radius 2 is 2.16 bits per heavy atom. The van der Waals surface area contributed by atoms with Gasteiger partial charge in [0, 0.05) is 55.0 Å². The lowest BCUT2D eigenvalue weighted by Crippen LogP contribution is -2.37. The fourth-order valence-corrected chi connectivity index (χ4v) is 3.89. The molecule has 2 aliphatic heterocycles. The third-order valence-corrected chi connectivity index (χ3v) is 5.17.